The number of aromatic nitrogens is 2. The van der Waals surface area contributed by atoms with Gasteiger partial charge < -0.3 is 14.0 Å². The second kappa shape index (κ2) is 5.01. The van der Waals surface area contributed by atoms with Gasteiger partial charge in [0.15, 0.2) is 0 Å². The summed E-state index contributed by atoms with van der Waals surface area (Å²) in [6, 6.07) is 5.38. The number of methoxy groups -OCH3 is 1. The number of ether oxygens (including phenoxy) is 2. The Morgan fingerprint density at radius 3 is 3.11 bits per heavy atom. The molecule has 0 saturated carbocycles. The highest BCUT2D eigenvalue weighted by Crippen LogP contribution is 2.26. The molecule has 0 bridgehead atoms. The molecule has 1 atom stereocenters. The Balaban J connectivity index is 2.02. The van der Waals surface area contributed by atoms with E-state index in [-0.39, 0.29) is 12.2 Å². The molecule has 0 aliphatic carbocycles. The summed E-state index contributed by atoms with van der Waals surface area (Å²) in [6.45, 7) is 0.779. The van der Waals surface area contributed by atoms with Crippen molar-refractivity contribution in [3.05, 3.63) is 30.1 Å². The van der Waals surface area contributed by atoms with Crippen LogP contribution in [0.3, 0.4) is 0 Å². The quantitative estimate of drug-likeness (QED) is 0.778. The molecule has 100 valence electrons. The van der Waals surface area contributed by atoms with E-state index < -0.39 is 0 Å². The SMILES string of the molecule is COC(=O)c1ccc2ncn(C3CCCCO3)c2c1. The lowest BCUT2D eigenvalue weighted by atomic mass is 10.1. The van der Waals surface area contributed by atoms with Crippen LogP contribution in [0.4, 0.5) is 0 Å². The molecule has 1 aliphatic heterocycles. The Bertz CT molecular complexity index is 600. The molecular formula is C14H16N2O3. The van der Waals surface area contributed by atoms with Crippen molar-refractivity contribution in [3.63, 3.8) is 0 Å². The first kappa shape index (κ1) is 12.2. The van der Waals surface area contributed by atoms with Crippen molar-refractivity contribution in [2.24, 2.45) is 0 Å². The Hall–Kier alpha value is -1.88. The number of imidazole rings is 1. The van der Waals surface area contributed by atoms with Gasteiger partial charge >= 0.3 is 5.97 Å². The van der Waals surface area contributed by atoms with Crippen LogP contribution in [-0.4, -0.2) is 29.2 Å². The van der Waals surface area contributed by atoms with E-state index >= 15 is 0 Å². The van der Waals surface area contributed by atoms with Crippen LogP contribution in [0.5, 0.6) is 0 Å². The van der Waals surface area contributed by atoms with Crippen LogP contribution in [0.15, 0.2) is 24.5 Å². The number of fused-ring (bicyclic) bond motifs is 1. The third kappa shape index (κ3) is 2.21. The monoisotopic (exact) mass is 260 g/mol. The fraction of sp³-hybridized carbons (Fsp3) is 0.429. The third-order valence-corrected chi connectivity index (χ3v) is 3.46. The van der Waals surface area contributed by atoms with E-state index in [2.05, 4.69) is 4.98 Å². The molecule has 2 aromatic rings. The largest absolute Gasteiger partial charge is 0.465 e. The molecule has 1 saturated heterocycles. The zero-order valence-corrected chi connectivity index (χ0v) is 10.8. The van der Waals surface area contributed by atoms with Crippen molar-refractivity contribution < 1.29 is 14.3 Å². The lowest BCUT2D eigenvalue weighted by Crippen LogP contribution is -2.17. The first-order chi connectivity index (χ1) is 9.29. The molecule has 0 amide bonds. The molecular weight excluding hydrogens is 244 g/mol. The smallest absolute Gasteiger partial charge is 0.337 e. The molecule has 19 heavy (non-hydrogen) atoms. The van der Waals surface area contributed by atoms with Gasteiger partial charge in [0.2, 0.25) is 0 Å². The van der Waals surface area contributed by atoms with Crippen LogP contribution >= 0.6 is 0 Å². The van der Waals surface area contributed by atoms with Crippen molar-refractivity contribution in [2.45, 2.75) is 25.5 Å². The average molecular weight is 260 g/mol. The Morgan fingerprint density at radius 2 is 2.37 bits per heavy atom. The van der Waals surface area contributed by atoms with E-state index in [1.807, 2.05) is 16.7 Å². The van der Waals surface area contributed by atoms with E-state index in [0.29, 0.717) is 5.56 Å². The van der Waals surface area contributed by atoms with Crippen molar-refractivity contribution in [3.8, 4) is 0 Å². The predicted molar refractivity (Wildman–Crippen MR) is 69.9 cm³/mol. The molecule has 0 radical (unpaired) electrons. The number of esters is 1. The van der Waals surface area contributed by atoms with E-state index in [4.69, 9.17) is 9.47 Å². The summed E-state index contributed by atoms with van der Waals surface area (Å²) in [5, 5.41) is 0. The first-order valence-corrected chi connectivity index (χ1v) is 6.46. The van der Waals surface area contributed by atoms with Crippen molar-refractivity contribution in [2.75, 3.05) is 13.7 Å². The van der Waals surface area contributed by atoms with Gasteiger partial charge in [-0.15, -0.1) is 0 Å². The van der Waals surface area contributed by atoms with Crippen LogP contribution in [-0.2, 0) is 9.47 Å². The highest BCUT2D eigenvalue weighted by molar-refractivity contribution is 5.93. The Kier molecular flexibility index (Phi) is 3.21. The molecule has 1 aromatic heterocycles. The van der Waals surface area contributed by atoms with Gasteiger partial charge in [-0.2, -0.15) is 0 Å². The molecule has 0 spiro atoms. The van der Waals surface area contributed by atoms with E-state index in [1.54, 1.807) is 12.4 Å². The standard InChI is InChI=1S/C14H16N2O3/c1-18-14(17)10-5-6-11-12(8-10)16(9-15-11)13-4-2-3-7-19-13/h5-6,8-9,13H,2-4,7H2,1H3. The summed E-state index contributed by atoms with van der Waals surface area (Å²) >= 11 is 0. The Morgan fingerprint density at radius 1 is 1.47 bits per heavy atom. The van der Waals surface area contributed by atoms with Gasteiger partial charge in [-0.05, 0) is 37.5 Å². The van der Waals surface area contributed by atoms with Crippen molar-refractivity contribution in [1.82, 2.24) is 9.55 Å². The molecule has 1 unspecified atom stereocenters. The average Bonchev–Trinajstić information content (AvgIpc) is 2.90. The minimum Gasteiger partial charge on any atom is -0.465 e. The van der Waals surface area contributed by atoms with E-state index in [0.717, 1.165) is 36.9 Å². The number of nitrogens with zero attached hydrogens (tertiary/aromatic N) is 2. The van der Waals surface area contributed by atoms with Gasteiger partial charge in [0, 0.05) is 6.61 Å². The van der Waals surface area contributed by atoms with Gasteiger partial charge in [0.1, 0.15) is 6.23 Å². The van der Waals surface area contributed by atoms with Crippen LogP contribution in [0, 0.1) is 0 Å². The van der Waals surface area contributed by atoms with E-state index in [9.17, 15) is 4.79 Å². The summed E-state index contributed by atoms with van der Waals surface area (Å²) < 4.78 is 12.5. The highest BCUT2D eigenvalue weighted by Gasteiger charge is 2.18. The summed E-state index contributed by atoms with van der Waals surface area (Å²) in [7, 11) is 1.38. The molecule has 1 aromatic carbocycles. The topological polar surface area (TPSA) is 53.3 Å². The number of benzene rings is 1. The maximum Gasteiger partial charge on any atom is 0.337 e. The lowest BCUT2D eigenvalue weighted by Gasteiger charge is -2.24. The second-order valence-electron chi connectivity index (χ2n) is 4.67. The predicted octanol–water partition coefficient (Wildman–Crippen LogP) is 2.52. The normalized spacial score (nSPS) is 19.5. The lowest BCUT2D eigenvalue weighted by molar-refractivity contribution is -0.0295. The maximum absolute atomic E-state index is 11.6. The molecule has 1 aliphatic rings. The number of hydrogen-bond acceptors (Lipinski definition) is 4. The highest BCUT2D eigenvalue weighted by atomic mass is 16.5. The molecule has 2 heterocycles. The van der Waals surface area contributed by atoms with Gasteiger partial charge in [0.25, 0.3) is 0 Å². The zero-order chi connectivity index (χ0) is 13.2. The minimum atomic E-state index is -0.334. The molecule has 5 nitrogen and oxygen atoms in total. The summed E-state index contributed by atoms with van der Waals surface area (Å²) in [5.74, 6) is -0.334. The fourth-order valence-electron chi connectivity index (χ4n) is 2.44. The van der Waals surface area contributed by atoms with Gasteiger partial charge in [0.05, 0.1) is 30.0 Å². The second-order valence-corrected chi connectivity index (χ2v) is 4.67. The van der Waals surface area contributed by atoms with Crippen molar-refractivity contribution >= 4 is 17.0 Å². The zero-order valence-electron chi connectivity index (χ0n) is 10.8. The summed E-state index contributed by atoms with van der Waals surface area (Å²) in [5.41, 5.74) is 2.31. The van der Waals surface area contributed by atoms with Crippen LogP contribution < -0.4 is 0 Å². The number of hydrogen-bond donors (Lipinski definition) is 0. The molecule has 0 N–H and O–H groups in total. The third-order valence-electron chi connectivity index (χ3n) is 3.46. The van der Waals surface area contributed by atoms with E-state index in [1.165, 1.54) is 7.11 Å². The van der Waals surface area contributed by atoms with Crippen molar-refractivity contribution in [1.29, 1.82) is 0 Å². The summed E-state index contributed by atoms with van der Waals surface area (Å²) in [6.07, 6.45) is 5.04. The van der Waals surface area contributed by atoms with Gasteiger partial charge in [-0.1, -0.05) is 0 Å². The molecule has 1 fully saturated rings. The Labute approximate surface area is 111 Å². The van der Waals surface area contributed by atoms with Crippen LogP contribution in [0.25, 0.3) is 11.0 Å². The van der Waals surface area contributed by atoms with Gasteiger partial charge in [-0.25, -0.2) is 9.78 Å². The van der Waals surface area contributed by atoms with Crippen LogP contribution in [0.2, 0.25) is 0 Å². The van der Waals surface area contributed by atoms with Crippen LogP contribution in [0.1, 0.15) is 35.8 Å². The summed E-state index contributed by atoms with van der Waals surface area (Å²) in [4.78, 5) is 15.9. The minimum absolute atomic E-state index is 0.0200. The molecule has 3 rings (SSSR count). The molecule has 5 heteroatoms. The number of rotatable bonds is 2. The fourth-order valence-corrected chi connectivity index (χ4v) is 2.44. The number of carbonyl (C=O) groups excluding carboxylic acids is 1. The maximum atomic E-state index is 11.6. The first-order valence-electron chi connectivity index (χ1n) is 6.46. The van der Waals surface area contributed by atoms with Gasteiger partial charge in [-0.3, -0.25) is 0 Å². The number of carbonyl (C=O) groups is 1.